The van der Waals surface area contributed by atoms with Gasteiger partial charge in [0.2, 0.25) is 0 Å². The SMILES string of the molecule is O=C(c1ccc(Cl)cc1)c1ccccc1C(=O)N1CCCC1. The Morgan fingerprint density at radius 3 is 2.09 bits per heavy atom. The van der Waals surface area contributed by atoms with Gasteiger partial charge in [-0.15, -0.1) is 0 Å². The van der Waals surface area contributed by atoms with Crippen molar-refractivity contribution in [3.8, 4) is 0 Å². The summed E-state index contributed by atoms with van der Waals surface area (Å²) in [5, 5.41) is 0.581. The van der Waals surface area contributed by atoms with Crippen LogP contribution in [0.15, 0.2) is 48.5 Å². The Morgan fingerprint density at radius 2 is 1.45 bits per heavy atom. The van der Waals surface area contributed by atoms with Gasteiger partial charge in [-0.3, -0.25) is 9.59 Å². The third-order valence-electron chi connectivity index (χ3n) is 3.90. The molecular weight excluding hydrogens is 298 g/mol. The number of carbonyl (C=O) groups excluding carboxylic acids is 2. The Morgan fingerprint density at radius 1 is 0.864 bits per heavy atom. The van der Waals surface area contributed by atoms with Crippen molar-refractivity contribution in [2.45, 2.75) is 12.8 Å². The minimum Gasteiger partial charge on any atom is -0.339 e. The Hall–Kier alpha value is -2.13. The number of halogens is 1. The van der Waals surface area contributed by atoms with E-state index >= 15 is 0 Å². The Balaban J connectivity index is 1.95. The molecular formula is C18H16ClNO2. The lowest BCUT2D eigenvalue weighted by Gasteiger charge is -2.17. The van der Waals surface area contributed by atoms with Crippen LogP contribution in [0.1, 0.15) is 39.1 Å². The van der Waals surface area contributed by atoms with Crippen LogP contribution in [0.2, 0.25) is 5.02 Å². The van der Waals surface area contributed by atoms with Crippen molar-refractivity contribution in [2.24, 2.45) is 0 Å². The van der Waals surface area contributed by atoms with Gasteiger partial charge in [-0.1, -0.05) is 29.8 Å². The fourth-order valence-corrected chi connectivity index (χ4v) is 2.84. The second kappa shape index (κ2) is 6.32. The van der Waals surface area contributed by atoms with E-state index in [9.17, 15) is 9.59 Å². The van der Waals surface area contributed by atoms with E-state index < -0.39 is 0 Å². The molecule has 1 saturated heterocycles. The number of hydrogen-bond donors (Lipinski definition) is 0. The molecule has 1 fully saturated rings. The van der Waals surface area contributed by atoms with Crippen molar-refractivity contribution in [1.82, 2.24) is 4.90 Å². The molecule has 2 aromatic rings. The number of hydrogen-bond acceptors (Lipinski definition) is 2. The molecule has 112 valence electrons. The van der Waals surface area contributed by atoms with E-state index in [2.05, 4.69) is 0 Å². The van der Waals surface area contributed by atoms with Crippen LogP contribution in [-0.4, -0.2) is 29.7 Å². The van der Waals surface area contributed by atoms with E-state index in [4.69, 9.17) is 11.6 Å². The monoisotopic (exact) mass is 313 g/mol. The molecule has 22 heavy (non-hydrogen) atoms. The minimum atomic E-state index is -0.153. The van der Waals surface area contributed by atoms with Crippen molar-refractivity contribution >= 4 is 23.3 Å². The van der Waals surface area contributed by atoms with Gasteiger partial charge in [-0.2, -0.15) is 0 Å². The highest BCUT2D eigenvalue weighted by Crippen LogP contribution is 2.20. The van der Waals surface area contributed by atoms with Crippen LogP contribution in [-0.2, 0) is 0 Å². The highest BCUT2D eigenvalue weighted by atomic mass is 35.5. The Bertz CT molecular complexity index is 703. The number of ketones is 1. The van der Waals surface area contributed by atoms with Crippen LogP contribution in [0.4, 0.5) is 0 Å². The van der Waals surface area contributed by atoms with E-state index in [1.807, 2.05) is 4.90 Å². The molecule has 1 aliphatic heterocycles. The number of nitrogens with zero attached hydrogens (tertiary/aromatic N) is 1. The molecule has 1 heterocycles. The molecule has 1 aliphatic rings. The maximum atomic E-state index is 12.7. The van der Waals surface area contributed by atoms with Gasteiger partial charge >= 0.3 is 0 Å². The molecule has 0 atom stereocenters. The molecule has 2 aromatic carbocycles. The van der Waals surface area contributed by atoms with Crippen molar-refractivity contribution in [2.75, 3.05) is 13.1 Å². The van der Waals surface area contributed by atoms with E-state index in [1.54, 1.807) is 48.5 Å². The predicted octanol–water partition coefficient (Wildman–Crippen LogP) is 3.81. The largest absolute Gasteiger partial charge is 0.339 e. The summed E-state index contributed by atoms with van der Waals surface area (Å²) in [4.78, 5) is 27.1. The molecule has 0 bridgehead atoms. The first-order valence-corrected chi connectivity index (χ1v) is 7.73. The molecule has 3 nitrogen and oxygen atoms in total. The van der Waals surface area contributed by atoms with Crippen molar-refractivity contribution < 1.29 is 9.59 Å². The third kappa shape index (κ3) is 2.90. The molecule has 0 spiro atoms. The standard InChI is InChI=1S/C18H16ClNO2/c19-14-9-7-13(8-10-14)17(21)15-5-1-2-6-16(15)18(22)20-11-3-4-12-20/h1-2,5-10H,3-4,11-12H2. The van der Waals surface area contributed by atoms with Gasteiger partial charge in [-0.25, -0.2) is 0 Å². The summed E-state index contributed by atoms with van der Waals surface area (Å²) >= 11 is 5.86. The first-order valence-electron chi connectivity index (χ1n) is 7.35. The summed E-state index contributed by atoms with van der Waals surface area (Å²) in [6.07, 6.45) is 2.05. The van der Waals surface area contributed by atoms with Crippen molar-refractivity contribution in [3.63, 3.8) is 0 Å². The lowest BCUT2D eigenvalue weighted by Crippen LogP contribution is -2.29. The number of rotatable bonds is 3. The number of benzene rings is 2. The maximum absolute atomic E-state index is 12.7. The minimum absolute atomic E-state index is 0.0598. The quantitative estimate of drug-likeness (QED) is 0.808. The molecule has 0 aromatic heterocycles. The Kier molecular flexibility index (Phi) is 4.25. The van der Waals surface area contributed by atoms with Gasteiger partial charge in [-0.05, 0) is 43.2 Å². The summed E-state index contributed by atoms with van der Waals surface area (Å²) in [5.74, 6) is -0.213. The summed E-state index contributed by atoms with van der Waals surface area (Å²) < 4.78 is 0. The summed E-state index contributed by atoms with van der Waals surface area (Å²) in [7, 11) is 0. The smallest absolute Gasteiger partial charge is 0.254 e. The van der Waals surface area contributed by atoms with Gasteiger partial charge in [0.05, 0.1) is 5.56 Å². The summed E-state index contributed by atoms with van der Waals surface area (Å²) in [6, 6.07) is 13.7. The van der Waals surface area contributed by atoms with E-state index in [0.29, 0.717) is 21.7 Å². The van der Waals surface area contributed by atoms with Gasteiger partial charge in [0.1, 0.15) is 0 Å². The van der Waals surface area contributed by atoms with Crippen molar-refractivity contribution in [3.05, 3.63) is 70.2 Å². The fourth-order valence-electron chi connectivity index (χ4n) is 2.71. The van der Waals surface area contributed by atoms with Crippen LogP contribution in [0.25, 0.3) is 0 Å². The van der Waals surface area contributed by atoms with E-state index in [0.717, 1.165) is 25.9 Å². The number of likely N-dealkylation sites (tertiary alicyclic amines) is 1. The zero-order valence-corrected chi connectivity index (χ0v) is 12.8. The first-order chi connectivity index (χ1) is 10.7. The highest BCUT2D eigenvalue weighted by Gasteiger charge is 2.24. The summed E-state index contributed by atoms with van der Waals surface area (Å²) in [5.41, 5.74) is 1.46. The zero-order valence-electron chi connectivity index (χ0n) is 12.1. The molecule has 0 aliphatic carbocycles. The molecule has 3 rings (SSSR count). The second-order valence-corrected chi connectivity index (χ2v) is 5.82. The molecule has 0 N–H and O–H groups in total. The van der Waals surface area contributed by atoms with E-state index in [1.165, 1.54) is 0 Å². The zero-order chi connectivity index (χ0) is 15.5. The number of carbonyl (C=O) groups is 2. The van der Waals surface area contributed by atoms with Crippen LogP contribution < -0.4 is 0 Å². The molecule has 0 unspecified atom stereocenters. The van der Waals surface area contributed by atoms with Crippen LogP contribution >= 0.6 is 11.6 Å². The average molecular weight is 314 g/mol. The van der Waals surface area contributed by atoms with Crippen LogP contribution in [0.5, 0.6) is 0 Å². The number of amides is 1. The molecule has 0 saturated carbocycles. The molecule has 4 heteroatoms. The van der Waals surface area contributed by atoms with E-state index in [-0.39, 0.29) is 11.7 Å². The fraction of sp³-hybridized carbons (Fsp3) is 0.222. The second-order valence-electron chi connectivity index (χ2n) is 5.38. The van der Waals surface area contributed by atoms with Gasteiger partial charge in [0.15, 0.2) is 5.78 Å². The third-order valence-corrected chi connectivity index (χ3v) is 4.15. The predicted molar refractivity (Wildman–Crippen MR) is 86.5 cm³/mol. The first kappa shape index (κ1) is 14.8. The Labute approximate surface area is 134 Å². The van der Waals surface area contributed by atoms with Gasteiger partial charge < -0.3 is 4.90 Å². The van der Waals surface area contributed by atoms with Gasteiger partial charge in [0.25, 0.3) is 5.91 Å². The highest BCUT2D eigenvalue weighted by molar-refractivity contribution is 6.30. The normalized spacial score (nSPS) is 14.1. The topological polar surface area (TPSA) is 37.4 Å². The maximum Gasteiger partial charge on any atom is 0.254 e. The lowest BCUT2D eigenvalue weighted by atomic mass is 9.97. The van der Waals surface area contributed by atoms with Crippen LogP contribution in [0, 0.1) is 0 Å². The molecule has 0 radical (unpaired) electrons. The average Bonchev–Trinajstić information content (AvgIpc) is 3.09. The van der Waals surface area contributed by atoms with Gasteiger partial charge in [0, 0.05) is 29.2 Å². The lowest BCUT2D eigenvalue weighted by molar-refractivity contribution is 0.0788. The van der Waals surface area contributed by atoms with Crippen molar-refractivity contribution in [1.29, 1.82) is 0 Å². The molecule has 1 amide bonds. The van der Waals surface area contributed by atoms with Crippen LogP contribution in [0.3, 0.4) is 0 Å². The summed E-state index contributed by atoms with van der Waals surface area (Å²) in [6.45, 7) is 1.53.